The van der Waals surface area contributed by atoms with Gasteiger partial charge in [-0.05, 0) is 91.9 Å². The van der Waals surface area contributed by atoms with E-state index in [-0.39, 0.29) is 29.2 Å². The molecule has 5 aliphatic carbocycles. The Labute approximate surface area is 187 Å². The largest absolute Gasteiger partial charge is 0.457 e. The van der Waals surface area contributed by atoms with Crippen molar-refractivity contribution in [2.75, 3.05) is 13.7 Å². The van der Waals surface area contributed by atoms with Crippen molar-refractivity contribution in [2.24, 2.45) is 38.9 Å². The van der Waals surface area contributed by atoms with E-state index in [1.165, 1.54) is 45.4 Å². The summed E-state index contributed by atoms with van der Waals surface area (Å²) in [6, 6.07) is 0.625. The van der Waals surface area contributed by atoms with Crippen LogP contribution in [0, 0.1) is 38.9 Å². The predicted molar refractivity (Wildman–Crippen MR) is 121 cm³/mol. The van der Waals surface area contributed by atoms with E-state index in [4.69, 9.17) is 4.74 Å². The molecule has 0 aromatic heterocycles. The third-order valence-corrected chi connectivity index (χ3v) is 11.7. The second-order valence-electron chi connectivity index (χ2n) is 12.6. The third-order valence-electron chi connectivity index (χ3n) is 11.7. The molecule has 4 saturated carbocycles. The first-order valence-corrected chi connectivity index (χ1v) is 12.5. The molecule has 0 heterocycles. The van der Waals surface area contributed by atoms with E-state index in [0.29, 0.717) is 28.2 Å². The van der Waals surface area contributed by atoms with Gasteiger partial charge in [0.2, 0.25) is 0 Å². The number of ketones is 1. The Morgan fingerprint density at radius 3 is 2.39 bits per heavy atom. The zero-order valence-electron chi connectivity index (χ0n) is 20.4. The number of Topliss-reactive ketones (excluding diaryl/α,β-unsaturated/α-hetero) is 1. The van der Waals surface area contributed by atoms with Crippen LogP contribution in [0.15, 0.2) is 11.6 Å². The minimum Gasteiger partial charge on any atom is -0.457 e. The SMILES string of the molecule is CN[C@H]1CC[C@]23C[C@]24CC[C@]2(C)C(C(=O)COC(C)=O)=CC[C@@]2(C)[C@@H]4CC[C@H]3C1(C)C. The van der Waals surface area contributed by atoms with Crippen molar-refractivity contribution in [3.63, 3.8) is 0 Å². The molecule has 7 atom stereocenters. The number of hydrogen-bond acceptors (Lipinski definition) is 4. The standard InChI is InChI=1S/C27H41NO3/c1-17(29)31-15-19(30)18-9-11-25(5)21-8-7-20-23(2,3)22(28-6)10-12-26(20)16-27(21,26)14-13-24(18,25)4/h9,20-22,28H,7-8,10-16H2,1-6H3/t20-,21-,22-,24+,25-,26+,27-/m0/s1. The fraction of sp³-hybridized carbons (Fsp3) is 0.852. The molecular formula is C27H41NO3. The quantitative estimate of drug-likeness (QED) is 0.637. The van der Waals surface area contributed by atoms with Crippen LogP contribution in [0.1, 0.15) is 86.0 Å². The first-order chi connectivity index (χ1) is 14.5. The molecule has 1 N–H and O–H groups in total. The number of nitrogens with one attached hydrogen (secondary N) is 1. The van der Waals surface area contributed by atoms with Gasteiger partial charge in [0.1, 0.15) is 0 Å². The number of allylic oxidation sites excluding steroid dienone is 1. The van der Waals surface area contributed by atoms with E-state index in [9.17, 15) is 9.59 Å². The Bertz CT molecular complexity index is 861. The van der Waals surface area contributed by atoms with E-state index in [1.54, 1.807) is 0 Å². The summed E-state index contributed by atoms with van der Waals surface area (Å²) in [6.07, 6.45) is 12.3. The summed E-state index contributed by atoms with van der Waals surface area (Å²) in [7, 11) is 2.14. The first kappa shape index (κ1) is 21.7. The monoisotopic (exact) mass is 427 g/mol. The van der Waals surface area contributed by atoms with Crippen LogP contribution in [0.5, 0.6) is 0 Å². The fourth-order valence-corrected chi connectivity index (χ4v) is 10.1. The van der Waals surface area contributed by atoms with Gasteiger partial charge in [0.15, 0.2) is 12.4 Å². The van der Waals surface area contributed by atoms with Crippen LogP contribution in [0.3, 0.4) is 0 Å². The van der Waals surface area contributed by atoms with Gasteiger partial charge in [-0.3, -0.25) is 9.59 Å². The van der Waals surface area contributed by atoms with Gasteiger partial charge in [0.05, 0.1) is 0 Å². The van der Waals surface area contributed by atoms with Gasteiger partial charge < -0.3 is 10.1 Å². The molecule has 0 aliphatic heterocycles. The molecule has 0 bridgehead atoms. The highest BCUT2D eigenvalue weighted by Crippen LogP contribution is 2.88. The lowest BCUT2D eigenvalue weighted by molar-refractivity contribution is -0.147. The molecule has 0 unspecified atom stereocenters. The van der Waals surface area contributed by atoms with Gasteiger partial charge in [0, 0.05) is 24.0 Å². The van der Waals surface area contributed by atoms with Crippen molar-refractivity contribution in [3.05, 3.63) is 11.6 Å². The number of esters is 1. The maximum atomic E-state index is 13.0. The Kier molecular flexibility index (Phi) is 4.51. The zero-order chi connectivity index (χ0) is 22.4. The number of carbonyl (C=O) groups is 2. The van der Waals surface area contributed by atoms with Gasteiger partial charge in [0.25, 0.3) is 0 Å². The van der Waals surface area contributed by atoms with Gasteiger partial charge >= 0.3 is 5.97 Å². The molecule has 5 rings (SSSR count). The number of ether oxygens (including phenoxy) is 1. The third kappa shape index (κ3) is 2.46. The van der Waals surface area contributed by atoms with Crippen molar-refractivity contribution >= 4 is 11.8 Å². The molecule has 0 aromatic rings. The molecule has 0 radical (unpaired) electrons. The Morgan fingerprint density at radius 2 is 1.71 bits per heavy atom. The smallest absolute Gasteiger partial charge is 0.303 e. The number of carbonyl (C=O) groups excluding carboxylic acids is 2. The topological polar surface area (TPSA) is 55.4 Å². The second-order valence-corrected chi connectivity index (χ2v) is 12.6. The Balaban J connectivity index is 1.44. The average molecular weight is 428 g/mol. The molecule has 31 heavy (non-hydrogen) atoms. The van der Waals surface area contributed by atoms with Crippen LogP contribution in [0.25, 0.3) is 0 Å². The van der Waals surface area contributed by atoms with Crippen LogP contribution in [-0.2, 0) is 14.3 Å². The minimum atomic E-state index is -0.375. The summed E-state index contributed by atoms with van der Waals surface area (Å²) in [5.74, 6) is 1.16. The summed E-state index contributed by atoms with van der Waals surface area (Å²) < 4.78 is 5.09. The lowest BCUT2D eigenvalue weighted by atomic mass is 9.42. The lowest BCUT2D eigenvalue weighted by Gasteiger charge is -2.63. The van der Waals surface area contributed by atoms with Crippen LogP contribution >= 0.6 is 0 Å². The average Bonchev–Trinajstić information content (AvgIpc) is 3.28. The van der Waals surface area contributed by atoms with Crippen LogP contribution in [0.4, 0.5) is 0 Å². The summed E-state index contributed by atoms with van der Waals surface area (Å²) in [6.45, 7) is 11.1. The van der Waals surface area contributed by atoms with Crippen LogP contribution < -0.4 is 5.32 Å². The van der Waals surface area contributed by atoms with Gasteiger partial charge in [-0.25, -0.2) is 0 Å². The molecule has 4 nitrogen and oxygen atoms in total. The highest BCUT2D eigenvalue weighted by molar-refractivity contribution is 5.99. The van der Waals surface area contributed by atoms with Crippen molar-refractivity contribution in [2.45, 2.75) is 92.0 Å². The van der Waals surface area contributed by atoms with E-state index in [1.807, 2.05) is 0 Å². The van der Waals surface area contributed by atoms with E-state index in [0.717, 1.165) is 24.3 Å². The number of hydrogen-bond donors (Lipinski definition) is 1. The molecule has 0 saturated heterocycles. The van der Waals surface area contributed by atoms with Crippen LogP contribution in [-0.4, -0.2) is 31.4 Å². The molecule has 2 spiro atoms. The molecule has 172 valence electrons. The summed E-state index contributed by atoms with van der Waals surface area (Å²) in [4.78, 5) is 24.3. The van der Waals surface area contributed by atoms with Crippen LogP contribution in [0.2, 0.25) is 0 Å². The number of fused-ring (bicyclic) bond motifs is 2. The summed E-state index contributed by atoms with van der Waals surface area (Å²) in [5, 5.41) is 3.64. The highest BCUT2D eigenvalue weighted by atomic mass is 16.5. The van der Waals surface area contributed by atoms with Gasteiger partial charge in [-0.1, -0.05) is 33.8 Å². The van der Waals surface area contributed by atoms with Gasteiger partial charge in [-0.2, -0.15) is 0 Å². The Hall–Kier alpha value is -1.16. The molecule has 4 fully saturated rings. The zero-order valence-corrected chi connectivity index (χ0v) is 20.4. The fourth-order valence-electron chi connectivity index (χ4n) is 10.1. The van der Waals surface area contributed by atoms with Gasteiger partial charge in [-0.15, -0.1) is 0 Å². The highest BCUT2D eigenvalue weighted by Gasteiger charge is 2.81. The minimum absolute atomic E-state index is 0.0206. The normalized spacial score (nSPS) is 49.1. The van der Waals surface area contributed by atoms with E-state index < -0.39 is 0 Å². The molecule has 4 heteroatoms. The van der Waals surface area contributed by atoms with E-state index >= 15 is 0 Å². The second kappa shape index (κ2) is 6.46. The van der Waals surface area contributed by atoms with Crippen molar-refractivity contribution in [1.29, 1.82) is 0 Å². The van der Waals surface area contributed by atoms with Crippen molar-refractivity contribution in [3.8, 4) is 0 Å². The molecule has 5 aliphatic rings. The number of rotatable bonds is 4. The maximum absolute atomic E-state index is 13.0. The maximum Gasteiger partial charge on any atom is 0.303 e. The summed E-state index contributed by atoms with van der Waals surface area (Å²) >= 11 is 0. The first-order valence-electron chi connectivity index (χ1n) is 12.5. The Morgan fingerprint density at radius 1 is 1.03 bits per heavy atom. The predicted octanol–water partition coefficient (Wildman–Crippen LogP) is 5.07. The van der Waals surface area contributed by atoms with E-state index in [2.05, 4.69) is 46.1 Å². The lowest BCUT2D eigenvalue weighted by Crippen LogP contribution is -2.59. The molecular weight excluding hydrogens is 386 g/mol. The van der Waals surface area contributed by atoms with Crippen molar-refractivity contribution < 1.29 is 14.3 Å². The van der Waals surface area contributed by atoms with Crippen molar-refractivity contribution in [1.82, 2.24) is 5.32 Å². The molecule has 0 aromatic carbocycles. The molecule has 0 amide bonds. The summed E-state index contributed by atoms with van der Waals surface area (Å²) in [5.41, 5.74) is 2.37.